The fourth-order valence-electron chi connectivity index (χ4n) is 2.76. The van der Waals surface area contributed by atoms with Crippen molar-refractivity contribution in [2.75, 3.05) is 6.54 Å². The van der Waals surface area contributed by atoms with Gasteiger partial charge in [0, 0.05) is 18.6 Å². The van der Waals surface area contributed by atoms with E-state index in [2.05, 4.69) is 24.3 Å². The van der Waals surface area contributed by atoms with Crippen molar-refractivity contribution in [3.05, 3.63) is 35.6 Å². The average molecular weight is 266 g/mol. The van der Waals surface area contributed by atoms with Crippen LogP contribution in [0.25, 0.3) is 0 Å². The van der Waals surface area contributed by atoms with Crippen molar-refractivity contribution in [3.8, 4) is 0 Å². The predicted octanol–water partition coefficient (Wildman–Crippen LogP) is 2.63. The normalized spacial score (nSPS) is 26.3. The molecule has 0 saturated carbocycles. The molecule has 0 bridgehead atoms. The smallest absolute Gasteiger partial charge is 0.123 e. The molecule has 2 rings (SSSR count). The third-order valence-corrected chi connectivity index (χ3v) is 3.89. The van der Waals surface area contributed by atoms with Crippen LogP contribution in [0.1, 0.15) is 44.8 Å². The number of aliphatic hydroxyl groups excluding tert-OH is 1. The maximum absolute atomic E-state index is 13.1. The predicted molar refractivity (Wildman–Crippen MR) is 74.0 cm³/mol. The van der Waals surface area contributed by atoms with E-state index in [0.717, 1.165) is 0 Å². The highest BCUT2D eigenvalue weighted by Gasteiger charge is 2.24. The Bertz CT molecular complexity index is 403. The molecule has 1 saturated heterocycles. The number of hydrogen-bond acceptors (Lipinski definition) is 3. The van der Waals surface area contributed by atoms with Crippen LogP contribution in [0.4, 0.5) is 4.39 Å². The van der Waals surface area contributed by atoms with Crippen LogP contribution >= 0.6 is 0 Å². The zero-order valence-corrected chi connectivity index (χ0v) is 11.6. The number of piperidine rings is 1. The third kappa shape index (κ3) is 3.75. The molecule has 4 heteroatoms. The van der Waals surface area contributed by atoms with E-state index in [1.54, 1.807) is 12.1 Å². The summed E-state index contributed by atoms with van der Waals surface area (Å²) in [6.07, 6.45) is 2.92. The topological polar surface area (TPSA) is 35.5 Å². The Morgan fingerprint density at radius 3 is 2.68 bits per heavy atom. The van der Waals surface area contributed by atoms with E-state index in [4.69, 9.17) is 0 Å². The van der Waals surface area contributed by atoms with Crippen molar-refractivity contribution < 1.29 is 9.50 Å². The molecule has 0 spiro atoms. The van der Waals surface area contributed by atoms with Crippen LogP contribution < -0.4 is 5.43 Å². The molecule has 1 aromatic rings. The van der Waals surface area contributed by atoms with Crippen LogP contribution in [-0.4, -0.2) is 28.7 Å². The van der Waals surface area contributed by atoms with Crippen molar-refractivity contribution in [1.29, 1.82) is 0 Å². The lowest BCUT2D eigenvalue weighted by Gasteiger charge is -2.39. The maximum atomic E-state index is 13.1. The van der Waals surface area contributed by atoms with Crippen molar-refractivity contribution in [3.63, 3.8) is 0 Å². The van der Waals surface area contributed by atoms with E-state index in [1.807, 2.05) is 0 Å². The van der Waals surface area contributed by atoms with Gasteiger partial charge in [-0.1, -0.05) is 18.6 Å². The SMILES string of the molecule is CC1CCCC(C)N1NCC(O)c1cccc(F)c1. The number of rotatable bonds is 4. The molecule has 106 valence electrons. The minimum atomic E-state index is -0.683. The summed E-state index contributed by atoms with van der Waals surface area (Å²) < 4.78 is 13.1. The average Bonchev–Trinajstić information content (AvgIpc) is 2.38. The van der Waals surface area contributed by atoms with E-state index < -0.39 is 6.10 Å². The maximum Gasteiger partial charge on any atom is 0.123 e. The van der Waals surface area contributed by atoms with Gasteiger partial charge in [0.1, 0.15) is 5.82 Å². The lowest BCUT2D eigenvalue weighted by atomic mass is 10.00. The van der Waals surface area contributed by atoms with E-state index >= 15 is 0 Å². The first-order valence-corrected chi connectivity index (χ1v) is 7.03. The summed E-state index contributed by atoms with van der Waals surface area (Å²) >= 11 is 0. The fraction of sp³-hybridized carbons (Fsp3) is 0.600. The number of hydrogen-bond donors (Lipinski definition) is 2. The second-order valence-electron chi connectivity index (χ2n) is 5.47. The Morgan fingerprint density at radius 1 is 1.37 bits per heavy atom. The van der Waals surface area contributed by atoms with Crippen LogP contribution in [0.15, 0.2) is 24.3 Å². The van der Waals surface area contributed by atoms with Gasteiger partial charge in [-0.25, -0.2) is 9.40 Å². The lowest BCUT2D eigenvalue weighted by Crippen LogP contribution is -2.52. The van der Waals surface area contributed by atoms with Crippen molar-refractivity contribution >= 4 is 0 Å². The molecule has 1 aromatic carbocycles. The van der Waals surface area contributed by atoms with Gasteiger partial charge in [-0.3, -0.25) is 5.43 Å². The summed E-state index contributed by atoms with van der Waals surface area (Å²) in [5, 5.41) is 12.3. The molecule has 1 heterocycles. The summed E-state index contributed by atoms with van der Waals surface area (Å²) in [6, 6.07) is 7.10. The molecule has 19 heavy (non-hydrogen) atoms. The van der Waals surface area contributed by atoms with Gasteiger partial charge < -0.3 is 5.11 Å². The molecule has 0 aromatic heterocycles. The minimum absolute atomic E-state index is 0.309. The quantitative estimate of drug-likeness (QED) is 0.879. The van der Waals surface area contributed by atoms with Crippen molar-refractivity contribution in [2.24, 2.45) is 0 Å². The Balaban J connectivity index is 1.90. The Labute approximate surface area is 114 Å². The standard InChI is InChI=1S/C15H23FN2O/c1-11-5-3-6-12(2)18(11)17-10-15(19)13-7-4-8-14(16)9-13/h4,7-9,11-12,15,17,19H,3,5-6,10H2,1-2H3. The van der Waals surface area contributed by atoms with Crippen molar-refractivity contribution in [1.82, 2.24) is 10.4 Å². The van der Waals surface area contributed by atoms with E-state index in [0.29, 0.717) is 24.2 Å². The fourth-order valence-corrected chi connectivity index (χ4v) is 2.76. The molecular weight excluding hydrogens is 243 g/mol. The highest BCUT2D eigenvalue weighted by Crippen LogP contribution is 2.21. The van der Waals surface area contributed by atoms with Gasteiger partial charge >= 0.3 is 0 Å². The molecule has 3 unspecified atom stereocenters. The Kier molecular flexibility index (Phi) is 4.91. The second-order valence-corrected chi connectivity index (χ2v) is 5.47. The summed E-state index contributed by atoms with van der Waals surface area (Å²) in [7, 11) is 0. The van der Waals surface area contributed by atoms with E-state index in [-0.39, 0.29) is 5.82 Å². The van der Waals surface area contributed by atoms with Gasteiger partial charge in [0.15, 0.2) is 0 Å². The largest absolute Gasteiger partial charge is 0.387 e. The molecule has 0 amide bonds. The summed E-state index contributed by atoms with van der Waals surface area (Å²) in [5.41, 5.74) is 3.92. The van der Waals surface area contributed by atoms with E-state index in [9.17, 15) is 9.50 Å². The van der Waals surface area contributed by atoms with E-state index in [1.165, 1.54) is 31.4 Å². The summed E-state index contributed by atoms with van der Waals surface area (Å²) in [4.78, 5) is 0. The molecule has 0 aliphatic carbocycles. The molecule has 2 N–H and O–H groups in total. The first-order chi connectivity index (χ1) is 9.08. The molecule has 3 nitrogen and oxygen atoms in total. The molecule has 1 fully saturated rings. The second kappa shape index (κ2) is 6.46. The number of aliphatic hydroxyl groups is 1. The number of halogens is 1. The Morgan fingerprint density at radius 2 is 2.05 bits per heavy atom. The van der Waals surface area contributed by atoms with Gasteiger partial charge in [0.05, 0.1) is 6.10 Å². The molecule has 1 aliphatic heterocycles. The summed E-state index contributed by atoms with van der Waals surface area (Å²) in [6.45, 7) is 4.80. The van der Waals surface area contributed by atoms with Crippen molar-refractivity contribution in [2.45, 2.75) is 51.3 Å². The number of benzene rings is 1. The van der Waals surface area contributed by atoms with Crippen LogP contribution in [0, 0.1) is 5.82 Å². The zero-order valence-electron chi connectivity index (χ0n) is 11.6. The summed E-state index contributed by atoms with van der Waals surface area (Å²) in [5.74, 6) is -0.309. The van der Waals surface area contributed by atoms with Gasteiger partial charge in [-0.15, -0.1) is 0 Å². The van der Waals surface area contributed by atoms with Gasteiger partial charge in [0.2, 0.25) is 0 Å². The molecular formula is C15H23FN2O. The van der Waals surface area contributed by atoms with Gasteiger partial charge in [-0.05, 0) is 44.4 Å². The zero-order chi connectivity index (χ0) is 13.8. The van der Waals surface area contributed by atoms with Crippen LogP contribution in [0.5, 0.6) is 0 Å². The minimum Gasteiger partial charge on any atom is -0.387 e. The van der Waals surface area contributed by atoms with Crippen LogP contribution in [0.3, 0.4) is 0 Å². The lowest BCUT2D eigenvalue weighted by molar-refractivity contribution is 0.0262. The monoisotopic (exact) mass is 266 g/mol. The highest BCUT2D eigenvalue weighted by atomic mass is 19.1. The molecule has 1 aliphatic rings. The number of nitrogens with one attached hydrogen (secondary N) is 1. The first-order valence-electron chi connectivity index (χ1n) is 7.03. The molecule has 3 atom stereocenters. The number of nitrogens with zero attached hydrogens (tertiary/aromatic N) is 1. The van der Waals surface area contributed by atoms with Crippen LogP contribution in [0.2, 0.25) is 0 Å². The third-order valence-electron chi connectivity index (χ3n) is 3.89. The Hall–Kier alpha value is -0.970. The first kappa shape index (κ1) is 14.4. The number of hydrazine groups is 1. The van der Waals surface area contributed by atoms with Gasteiger partial charge in [-0.2, -0.15) is 0 Å². The molecule has 0 radical (unpaired) electrons. The van der Waals surface area contributed by atoms with Gasteiger partial charge in [0.25, 0.3) is 0 Å². The van der Waals surface area contributed by atoms with Crippen LogP contribution in [-0.2, 0) is 0 Å². The highest BCUT2D eigenvalue weighted by molar-refractivity contribution is 5.18.